The molecule has 0 atom stereocenters. The summed E-state index contributed by atoms with van der Waals surface area (Å²) in [6.07, 6.45) is 1.15. The van der Waals surface area contributed by atoms with Crippen molar-refractivity contribution in [1.29, 1.82) is 0 Å². The van der Waals surface area contributed by atoms with Crippen LogP contribution in [0, 0.1) is 0 Å². The first-order valence-electron chi connectivity index (χ1n) is 10.1. The first-order chi connectivity index (χ1) is 15.3. The van der Waals surface area contributed by atoms with Crippen LogP contribution in [0.4, 0.5) is 5.69 Å². The van der Waals surface area contributed by atoms with E-state index in [-0.39, 0.29) is 12.5 Å². The van der Waals surface area contributed by atoms with Crippen LogP contribution in [-0.4, -0.2) is 27.2 Å². The molecular weight excluding hydrogens is 448 g/mol. The number of sulfonamides is 1. The lowest BCUT2D eigenvalue weighted by molar-refractivity contribution is 0.0951. The molecule has 0 bridgehead atoms. The highest BCUT2D eigenvalue weighted by Crippen LogP contribution is 2.22. The van der Waals surface area contributed by atoms with Crippen molar-refractivity contribution in [3.05, 3.63) is 94.5 Å². The number of amides is 1. The Kier molecular flexibility index (Phi) is 7.77. The molecule has 3 aromatic rings. The Bertz CT molecular complexity index is 1160. The van der Waals surface area contributed by atoms with Crippen LogP contribution in [0.1, 0.15) is 28.4 Å². The standard InChI is InChI=1S/C24H25ClN2O4S/c1-3-31-23-6-4-5-19(15-23)16-26-24(28)20-9-13-22(14-10-20)27(32(2,29)30)17-18-7-11-21(25)12-8-18/h4-15H,3,16-17H2,1-2H3,(H,26,28). The van der Waals surface area contributed by atoms with E-state index in [1.54, 1.807) is 48.5 Å². The third-order valence-corrected chi connectivity index (χ3v) is 6.11. The van der Waals surface area contributed by atoms with Gasteiger partial charge in [0.2, 0.25) is 10.0 Å². The highest BCUT2D eigenvalue weighted by molar-refractivity contribution is 7.92. The molecule has 168 valence electrons. The summed E-state index contributed by atoms with van der Waals surface area (Å²) in [5.41, 5.74) is 2.64. The first kappa shape index (κ1) is 23.6. The molecule has 0 aliphatic rings. The van der Waals surface area contributed by atoms with Crippen molar-refractivity contribution >= 4 is 33.2 Å². The minimum Gasteiger partial charge on any atom is -0.494 e. The van der Waals surface area contributed by atoms with Crippen LogP contribution in [0.5, 0.6) is 5.75 Å². The van der Waals surface area contributed by atoms with Crippen LogP contribution in [0.25, 0.3) is 0 Å². The third-order valence-electron chi connectivity index (χ3n) is 4.72. The van der Waals surface area contributed by atoms with Crippen LogP contribution in [0.2, 0.25) is 5.02 Å². The fourth-order valence-corrected chi connectivity index (χ4v) is 4.15. The number of ether oxygens (including phenoxy) is 1. The number of anilines is 1. The maximum Gasteiger partial charge on any atom is 0.251 e. The SMILES string of the molecule is CCOc1cccc(CNC(=O)c2ccc(N(Cc3ccc(Cl)cc3)S(C)(=O)=O)cc2)c1. The Morgan fingerprint density at radius 1 is 1.00 bits per heavy atom. The second-order valence-corrected chi connectivity index (χ2v) is 9.55. The second-order valence-electron chi connectivity index (χ2n) is 7.21. The van der Waals surface area contributed by atoms with Crippen molar-refractivity contribution in [2.75, 3.05) is 17.2 Å². The van der Waals surface area contributed by atoms with Gasteiger partial charge in [-0.3, -0.25) is 9.10 Å². The summed E-state index contributed by atoms with van der Waals surface area (Å²) in [7, 11) is -3.53. The predicted octanol–water partition coefficient (Wildman–Crippen LogP) is 4.63. The zero-order valence-corrected chi connectivity index (χ0v) is 19.5. The summed E-state index contributed by atoms with van der Waals surface area (Å²) in [4.78, 5) is 12.5. The smallest absolute Gasteiger partial charge is 0.251 e. The Hall–Kier alpha value is -3.03. The molecule has 0 radical (unpaired) electrons. The third kappa shape index (κ3) is 6.48. The molecule has 0 saturated heterocycles. The number of hydrogen-bond acceptors (Lipinski definition) is 4. The van der Waals surface area contributed by atoms with E-state index in [4.69, 9.17) is 16.3 Å². The summed E-state index contributed by atoms with van der Waals surface area (Å²) >= 11 is 5.91. The normalized spacial score (nSPS) is 11.1. The summed E-state index contributed by atoms with van der Waals surface area (Å²) in [6, 6.07) is 21.0. The summed E-state index contributed by atoms with van der Waals surface area (Å²) in [6.45, 7) is 3.01. The zero-order chi connectivity index (χ0) is 23.1. The molecule has 0 aliphatic carbocycles. The number of carbonyl (C=O) groups is 1. The van der Waals surface area contributed by atoms with E-state index in [9.17, 15) is 13.2 Å². The number of rotatable bonds is 9. The lowest BCUT2D eigenvalue weighted by Gasteiger charge is -2.23. The molecular formula is C24H25ClN2O4S. The molecule has 32 heavy (non-hydrogen) atoms. The monoisotopic (exact) mass is 472 g/mol. The molecule has 1 N–H and O–H groups in total. The average Bonchev–Trinajstić information content (AvgIpc) is 2.77. The number of nitrogens with zero attached hydrogens (tertiary/aromatic N) is 1. The van der Waals surface area contributed by atoms with Crippen molar-refractivity contribution in [2.24, 2.45) is 0 Å². The number of carbonyl (C=O) groups excluding carboxylic acids is 1. The summed E-state index contributed by atoms with van der Waals surface area (Å²) in [5.74, 6) is 0.507. The predicted molar refractivity (Wildman–Crippen MR) is 128 cm³/mol. The Labute approximate surface area is 193 Å². The highest BCUT2D eigenvalue weighted by atomic mass is 35.5. The number of benzene rings is 3. The molecule has 0 aliphatic heterocycles. The van der Waals surface area contributed by atoms with E-state index in [2.05, 4.69) is 5.32 Å². The average molecular weight is 473 g/mol. The van der Waals surface area contributed by atoms with Crippen molar-refractivity contribution in [1.82, 2.24) is 5.32 Å². The fraction of sp³-hybridized carbons (Fsp3) is 0.208. The van der Waals surface area contributed by atoms with Gasteiger partial charge in [-0.1, -0.05) is 35.9 Å². The molecule has 0 saturated carbocycles. The van der Waals surface area contributed by atoms with Gasteiger partial charge in [0, 0.05) is 17.1 Å². The van der Waals surface area contributed by atoms with E-state index in [1.165, 1.54) is 4.31 Å². The van der Waals surface area contributed by atoms with Gasteiger partial charge in [0.25, 0.3) is 5.91 Å². The molecule has 0 unspecified atom stereocenters. The van der Waals surface area contributed by atoms with Crippen molar-refractivity contribution in [3.63, 3.8) is 0 Å². The summed E-state index contributed by atoms with van der Waals surface area (Å²) in [5, 5.41) is 3.45. The van der Waals surface area contributed by atoms with Crippen LogP contribution < -0.4 is 14.4 Å². The molecule has 0 fully saturated rings. The largest absolute Gasteiger partial charge is 0.494 e. The van der Waals surface area contributed by atoms with E-state index < -0.39 is 10.0 Å². The van der Waals surface area contributed by atoms with Crippen LogP contribution in [-0.2, 0) is 23.1 Å². The number of nitrogens with one attached hydrogen (secondary N) is 1. The van der Waals surface area contributed by atoms with Gasteiger partial charge < -0.3 is 10.1 Å². The Morgan fingerprint density at radius 2 is 1.69 bits per heavy atom. The van der Waals surface area contributed by atoms with Gasteiger partial charge in [-0.05, 0) is 66.6 Å². The van der Waals surface area contributed by atoms with Gasteiger partial charge in [0.05, 0.1) is 25.1 Å². The number of halogens is 1. The lowest BCUT2D eigenvalue weighted by Crippen LogP contribution is -2.29. The van der Waals surface area contributed by atoms with Gasteiger partial charge >= 0.3 is 0 Å². The highest BCUT2D eigenvalue weighted by Gasteiger charge is 2.18. The molecule has 3 rings (SSSR count). The van der Waals surface area contributed by atoms with Gasteiger partial charge in [0.15, 0.2) is 0 Å². The van der Waals surface area contributed by atoms with Gasteiger partial charge in [0.1, 0.15) is 5.75 Å². The van der Waals surface area contributed by atoms with Crippen molar-refractivity contribution < 1.29 is 17.9 Å². The molecule has 6 nitrogen and oxygen atoms in total. The zero-order valence-electron chi connectivity index (χ0n) is 17.9. The minimum absolute atomic E-state index is 0.164. The molecule has 1 amide bonds. The van der Waals surface area contributed by atoms with Crippen LogP contribution in [0.3, 0.4) is 0 Å². The molecule has 0 aromatic heterocycles. The maximum absolute atomic E-state index is 12.5. The van der Waals surface area contributed by atoms with E-state index >= 15 is 0 Å². The van der Waals surface area contributed by atoms with Crippen molar-refractivity contribution in [2.45, 2.75) is 20.0 Å². The molecule has 3 aromatic carbocycles. The van der Waals surface area contributed by atoms with Crippen LogP contribution >= 0.6 is 11.6 Å². The molecule has 0 heterocycles. The second kappa shape index (κ2) is 10.5. The van der Waals surface area contributed by atoms with E-state index in [0.29, 0.717) is 29.4 Å². The minimum atomic E-state index is -3.53. The quantitative estimate of drug-likeness (QED) is 0.492. The maximum atomic E-state index is 12.5. The Balaban J connectivity index is 1.69. The van der Waals surface area contributed by atoms with Gasteiger partial charge in [-0.2, -0.15) is 0 Å². The summed E-state index contributed by atoms with van der Waals surface area (Å²) < 4.78 is 31.5. The molecule has 0 spiro atoms. The van der Waals surface area contributed by atoms with Gasteiger partial charge in [-0.15, -0.1) is 0 Å². The van der Waals surface area contributed by atoms with E-state index in [1.807, 2.05) is 31.2 Å². The first-order valence-corrected chi connectivity index (χ1v) is 12.3. The molecule has 8 heteroatoms. The fourth-order valence-electron chi connectivity index (χ4n) is 3.13. The Morgan fingerprint density at radius 3 is 2.31 bits per heavy atom. The van der Waals surface area contributed by atoms with Gasteiger partial charge in [-0.25, -0.2) is 8.42 Å². The van der Waals surface area contributed by atoms with E-state index in [0.717, 1.165) is 23.1 Å². The number of hydrogen-bond donors (Lipinski definition) is 1. The topological polar surface area (TPSA) is 75.7 Å². The lowest BCUT2D eigenvalue weighted by atomic mass is 10.1. The van der Waals surface area contributed by atoms with Crippen LogP contribution in [0.15, 0.2) is 72.8 Å². The van der Waals surface area contributed by atoms with Crippen molar-refractivity contribution in [3.8, 4) is 5.75 Å².